The van der Waals surface area contributed by atoms with Gasteiger partial charge in [-0.3, -0.25) is 0 Å². The molecule has 3 aromatic heterocycles. The quantitative estimate of drug-likeness (QED) is 0.449. The highest BCUT2D eigenvalue weighted by Crippen LogP contribution is 2.26. The van der Waals surface area contributed by atoms with Crippen molar-refractivity contribution in [3.05, 3.63) is 35.3 Å². The highest BCUT2D eigenvalue weighted by Gasteiger charge is 2.24. The number of nitrogen functional groups attached to an aromatic ring is 1. The maximum Gasteiger partial charge on any atom is 0.336 e. The molecule has 0 aliphatic carbocycles. The highest BCUT2D eigenvalue weighted by molar-refractivity contribution is 5.60. The number of pyridine rings is 1. The molecule has 2 N–H and O–H groups in total. The summed E-state index contributed by atoms with van der Waals surface area (Å²) in [5.74, 6) is 1.83. The van der Waals surface area contributed by atoms with Crippen LogP contribution >= 0.6 is 0 Å². The lowest BCUT2D eigenvalue weighted by Gasteiger charge is -2.34. The Labute approximate surface area is 210 Å². The number of hydrogen-bond donors (Lipinski definition) is 1. The third-order valence-electron chi connectivity index (χ3n) is 6.58. The van der Waals surface area contributed by atoms with E-state index in [1.807, 2.05) is 13.1 Å². The molecule has 0 amide bonds. The Morgan fingerprint density at radius 2 is 1.94 bits per heavy atom. The number of hydrogen-bond acceptors (Lipinski definition) is 8. The van der Waals surface area contributed by atoms with Gasteiger partial charge in [-0.2, -0.15) is 4.98 Å². The number of aryl methyl sites for hydroxylation is 1. The maximum atomic E-state index is 13.3. The summed E-state index contributed by atoms with van der Waals surface area (Å²) >= 11 is 0. The standard InChI is InChI=1S/C25H36F2N8O/c1-5-6-20(21(26)27)36-25-31-22(28)24-30-14-19(35(24)32-25)12-18-11-16(2)23(29-13-18)34-9-7-17(8-10-34)15-33(3)4/h11,13-14,17,20-21H,5-10,12,15H2,1-4H3,(H2,28,31,32). The summed E-state index contributed by atoms with van der Waals surface area (Å²) in [6.45, 7) is 7.04. The molecule has 1 aliphatic rings. The number of rotatable bonds is 10. The van der Waals surface area contributed by atoms with E-state index in [1.54, 1.807) is 6.20 Å². The van der Waals surface area contributed by atoms with Crippen LogP contribution in [0.5, 0.6) is 6.01 Å². The number of nitrogens with two attached hydrogens (primary N) is 1. The Morgan fingerprint density at radius 1 is 1.19 bits per heavy atom. The molecular formula is C25H36F2N8O. The van der Waals surface area contributed by atoms with Crippen LogP contribution in [0.1, 0.15) is 49.4 Å². The predicted octanol–water partition coefficient (Wildman–Crippen LogP) is 3.59. The fourth-order valence-corrected chi connectivity index (χ4v) is 4.86. The van der Waals surface area contributed by atoms with Crippen molar-refractivity contribution in [3.8, 4) is 6.01 Å². The first kappa shape index (κ1) is 26.0. The summed E-state index contributed by atoms with van der Waals surface area (Å²) in [4.78, 5) is 17.8. The van der Waals surface area contributed by atoms with Crippen molar-refractivity contribution in [2.45, 2.75) is 58.5 Å². The Balaban J connectivity index is 1.49. The monoisotopic (exact) mass is 502 g/mol. The van der Waals surface area contributed by atoms with Crippen molar-refractivity contribution < 1.29 is 13.5 Å². The van der Waals surface area contributed by atoms with Crippen molar-refractivity contribution in [2.75, 3.05) is 44.4 Å². The summed E-state index contributed by atoms with van der Waals surface area (Å²) < 4.78 is 33.6. The number of anilines is 2. The largest absolute Gasteiger partial charge is 0.453 e. The van der Waals surface area contributed by atoms with E-state index >= 15 is 0 Å². The van der Waals surface area contributed by atoms with Gasteiger partial charge in [-0.15, -0.1) is 5.10 Å². The van der Waals surface area contributed by atoms with Gasteiger partial charge in [0.05, 0.1) is 11.9 Å². The lowest BCUT2D eigenvalue weighted by atomic mass is 9.96. The third-order valence-corrected chi connectivity index (χ3v) is 6.58. The van der Waals surface area contributed by atoms with E-state index in [4.69, 9.17) is 15.5 Å². The maximum absolute atomic E-state index is 13.3. The lowest BCUT2D eigenvalue weighted by Crippen LogP contribution is -2.37. The van der Waals surface area contributed by atoms with Crippen LogP contribution in [0.25, 0.3) is 5.65 Å². The summed E-state index contributed by atoms with van der Waals surface area (Å²) in [6.07, 6.45) is 3.20. The second-order valence-electron chi connectivity index (χ2n) is 9.90. The van der Waals surface area contributed by atoms with Gasteiger partial charge in [-0.05, 0) is 57.3 Å². The molecule has 4 rings (SSSR count). The fraction of sp³-hybridized carbons (Fsp3) is 0.600. The summed E-state index contributed by atoms with van der Waals surface area (Å²) in [5.41, 5.74) is 9.25. The molecule has 196 valence electrons. The van der Waals surface area contributed by atoms with E-state index in [9.17, 15) is 8.78 Å². The van der Waals surface area contributed by atoms with Crippen LogP contribution in [0.2, 0.25) is 0 Å². The minimum Gasteiger partial charge on any atom is -0.453 e. The normalized spacial score (nSPS) is 15.8. The van der Waals surface area contributed by atoms with Crippen LogP contribution in [-0.4, -0.2) is 75.7 Å². The summed E-state index contributed by atoms with van der Waals surface area (Å²) in [7, 11) is 4.25. The smallest absolute Gasteiger partial charge is 0.336 e. The van der Waals surface area contributed by atoms with Crippen molar-refractivity contribution >= 4 is 17.3 Å². The molecule has 0 radical (unpaired) electrons. The first-order valence-corrected chi connectivity index (χ1v) is 12.5. The van der Waals surface area contributed by atoms with Crippen molar-refractivity contribution in [2.24, 2.45) is 5.92 Å². The molecule has 1 saturated heterocycles. The van der Waals surface area contributed by atoms with Crippen LogP contribution in [0.3, 0.4) is 0 Å². The molecule has 4 heterocycles. The zero-order valence-corrected chi connectivity index (χ0v) is 21.5. The van der Waals surface area contributed by atoms with E-state index < -0.39 is 12.5 Å². The minimum atomic E-state index is -2.64. The Hall–Kier alpha value is -3.08. The first-order chi connectivity index (χ1) is 17.2. The summed E-state index contributed by atoms with van der Waals surface area (Å²) in [6, 6.07) is 1.95. The first-order valence-electron chi connectivity index (χ1n) is 12.5. The molecule has 11 heteroatoms. The number of imidazole rings is 1. The zero-order chi connectivity index (χ0) is 25.8. The third kappa shape index (κ3) is 6.00. The SMILES string of the molecule is CCCC(Oc1nc(N)c2ncc(Cc3cnc(N4CCC(CN(C)C)CC4)c(C)c3)n2n1)C(F)F. The number of aromatic nitrogens is 5. The van der Waals surface area contributed by atoms with Gasteiger partial charge in [-0.1, -0.05) is 19.4 Å². The van der Waals surface area contributed by atoms with Gasteiger partial charge in [0.15, 0.2) is 17.6 Å². The Bertz CT molecular complexity index is 1160. The fourth-order valence-electron chi connectivity index (χ4n) is 4.86. The van der Waals surface area contributed by atoms with Gasteiger partial charge < -0.3 is 20.3 Å². The van der Waals surface area contributed by atoms with Crippen LogP contribution in [0, 0.1) is 12.8 Å². The van der Waals surface area contributed by atoms with Crippen LogP contribution in [0.15, 0.2) is 18.5 Å². The molecule has 1 unspecified atom stereocenters. The second-order valence-corrected chi connectivity index (χ2v) is 9.90. The number of piperidine rings is 1. The number of alkyl halides is 2. The number of halogens is 2. The molecule has 1 aliphatic heterocycles. The minimum absolute atomic E-state index is 0.0816. The van der Waals surface area contributed by atoms with Gasteiger partial charge in [-0.25, -0.2) is 23.3 Å². The number of ether oxygens (including phenoxy) is 1. The average molecular weight is 503 g/mol. The molecule has 0 saturated carbocycles. The zero-order valence-electron chi connectivity index (χ0n) is 21.5. The molecule has 0 spiro atoms. The molecule has 0 bridgehead atoms. The summed E-state index contributed by atoms with van der Waals surface area (Å²) in [5, 5.41) is 4.31. The van der Waals surface area contributed by atoms with Crippen LogP contribution in [0.4, 0.5) is 20.4 Å². The molecule has 1 fully saturated rings. The highest BCUT2D eigenvalue weighted by atomic mass is 19.3. The van der Waals surface area contributed by atoms with E-state index in [1.165, 1.54) is 17.4 Å². The lowest BCUT2D eigenvalue weighted by molar-refractivity contribution is 0.00115. The van der Waals surface area contributed by atoms with E-state index in [0.717, 1.165) is 48.2 Å². The van der Waals surface area contributed by atoms with Crippen molar-refractivity contribution in [1.82, 2.24) is 29.5 Å². The predicted molar refractivity (Wildman–Crippen MR) is 136 cm³/mol. The number of fused-ring (bicyclic) bond motifs is 1. The Kier molecular flexibility index (Phi) is 8.17. The molecule has 0 aromatic carbocycles. The second kappa shape index (κ2) is 11.3. The van der Waals surface area contributed by atoms with Crippen LogP contribution in [-0.2, 0) is 6.42 Å². The van der Waals surface area contributed by atoms with Gasteiger partial charge in [0.1, 0.15) is 5.82 Å². The number of nitrogens with zero attached hydrogens (tertiary/aromatic N) is 7. The molecular weight excluding hydrogens is 466 g/mol. The van der Waals surface area contributed by atoms with Gasteiger partial charge in [0.2, 0.25) is 0 Å². The average Bonchev–Trinajstić information content (AvgIpc) is 3.22. The van der Waals surface area contributed by atoms with Gasteiger partial charge in [0.25, 0.3) is 6.43 Å². The van der Waals surface area contributed by atoms with Crippen LogP contribution < -0.4 is 15.4 Å². The topological polar surface area (TPSA) is 97.7 Å². The van der Waals surface area contributed by atoms with Gasteiger partial charge >= 0.3 is 6.01 Å². The van der Waals surface area contributed by atoms with Crippen molar-refractivity contribution in [3.63, 3.8) is 0 Å². The molecule has 36 heavy (non-hydrogen) atoms. The molecule has 3 aromatic rings. The van der Waals surface area contributed by atoms with Gasteiger partial charge in [0, 0.05) is 32.3 Å². The van der Waals surface area contributed by atoms with E-state index in [-0.39, 0.29) is 18.2 Å². The van der Waals surface area contributed by atoms with E-state index in [0.29, 0.717) is 18.5 Å². The van der Waals surface area contributed by atoms with E-state index in [2.05, 4.69) is 52.0 Å². The molecule has 9 nitrogen and oxygen atoms in total. The Morgan fingerprint density at radius 3 is 2.58 bits per heavy atom. The van der Waals surface area contributed by atoms with Crippen molar-refractivity contribution in [1.29, 1.82) is 0 Å². The molecule has 1 atom stereocenters.